The third kappa shape index (κ3) is 2.12. The maximum Gasteiger partial charge on any atom is 0.128 e. The largest absolute Gasteiger partial charge is 0.323 e. The van der Waals surface area contributed by atoms with Crippen LogP contribution in [0.1, 0.15) is 35.2 Å². The van der Waals surface area contributed by atoms with Crippen LogP contribution in [-0.4, -0.2) is 4.98 Å². The molecule has 1 aromatic carbocycles. The Kier molecular flexibility index (Phi) is 3.03. The summed E-state index contributed by atoms with van der Waals surface area (Å²) in [4.78, 5) is 4.34. The Hall–Kier alpha value is -1.81. The smallest absolute Gasteiger partial charge is 0.128 e. The molecule has 2 atom stereocenters. The van der Waals surface area contributed by atoms with Crippen LogP contribution in [0, 0.1) is 11.6 Å². The van der Waals surface area contributed by atoms with Crippen molar-refractivity contribution in [3.8, 4) is 0 Å². The molecule has 1 heterocycles. The van der Waals surface area contributed by atoms with E-state index in [1.807, 2.05) is 12.1 Å². The summed E-state index contributed by atoms with van der Waals surface area (Å²) < 4.78 is 27.0. The van der Waals surface area contributed by atoms with E-state index in [-0.39, 0.29) is 11.5 Å². The molecule has 1 aliphatic carbocycles. The summed E-state index contributed by atoms with van der Waals surface area (Å²) >= 11 is 0. The summed E-state index contributed by atoms with van der Waals surface area (Å²) in [6.07, 6.45) is 3.42. The zero-order valence-corrected chi connectivity index (χ0v) is 10.3. The van der Waals surface area contributed by atoms with Crippen LogP contribution in [0.15, 0.2) is 36.5 Å². The van der Waals surface area contributed by atoms with Crippen molar-refractivity contribution in [1.82, 2.24) is 4.98 Å². The van der Waals surface area contributed by atoms with Crippen LogP contribution in [0.4, 0.5) is 8.78 Å². The number of aryl methyl sites for hydroxylation is 1. The van der Waals surface area contributed by atoms with Gasteiger partial charge in [-0.25, -0.2) is 8.78 Å². The van der Waals surface area contributed by atoms with E-state index in [1.165, 1.54) is 6.07 Å². The number of nitrogens with zero attached hydrogens (tertiary/aromatic N) is 1. The molecule has 0 bridgehead atoms. The first-order valence-electron chi connectivity index (χ1n) is 6.31. The van der Waals surface area contributed by atoms with Gasteiger partial charge < -0.3 is 5.73 Å². The highest BCUT2D eigenvalue weighted by molar-refractivity contribution is 5.34. The molecular weight excluding hydrogens is 246 g/mol. The van der Waals surface area contributed by atoms with Gasteiger partial charge in [-0.1, -0.05) is 6.07 Å². The van der Waals surface area contributed by atoms with Gasteiger partial charge in [-0.3, -0.25) is 4.98 Å². The molecule has 98 valence electrons. The molecule has 3 rings (SSSR count). The normalized spacial score (nSPS) is 19.2. The van der Waals surface area contributed by atoms with Gasteiger partial charge in [0.05, 0.1) is 0 Å². The lowest BCUT2D eigenvalue weighted by molar-refractivity contribution is 0.500. The fourth-order valence-corrected chi connectivity index (χ4v) is 2.78. The lowest BCUT2D eigenvalue weighted by atomic mass is 9.91. The number of hydrogen-bond donors (Lipinski definition) is 1. The molecule has 2 unspecified atom stereocenters. The van der Waals surface area contributed by atoms with Gasteiger partial charge in [-0.15, -0.1) is 0 Å². The standard InChI is InChI=1S/C15H14F2N2/c16-10-4-6-13(17)12(8-10)14(18)11-5-3-9-2-1-7-19-15(9)11/h1-2,4,6-8,11,14H,3,5,18H2. The second kappa shape index (κ2) is 4.70. The molecule has 0 aliphatic heterocycles. The number of aromatic nitrogens is 1. The van der Waals surface area contributed by atoms with E-state index in [0.29, 0.717) is 0 Å². The van der Waals surface area contributed by atoms with Crippen LogP contribution in [0.2, 0.25) is 0 Å². The number of hydrogen-bond acceptors (Lipinski definition) is 2. The summed E-state index contributed by atoms with van der Waals surface area (Å²) in [6.45, 7) is 0. The Balaban J connectivity index is 1.97. The minimum atomic E-state index is -0.563. The summed E-state index contributed by atoms with van der Waals surface area (Å²) in [5, 5.41) is 0. The molecule has 2 N–H and O–H groups in total. The lowest BCUT2D eigenvalue weighted by Crippen LogP contribution is -2.20. The van der Waals surface area contributed by atoms with Crippen LogP contribution in [0.5, 0.6) is 0 Å². The zero-order valence-electron chi connectivity index (χ0n) is 10.3. The summed E-state index contributed by atoms with van der Waals surface area (Å²) in [7, 11) is 0. The number of halogens is 2. The van der Waals surface area contributed by atoms with Gasteiger partial charge in [0, 0.05) is 29.4 Å². The number of benzene rings is 1. The first kappa shape index (κ1) is 12.2. The van der Waals surface area contributed by atoms with E-state index in [0.717, 1.165) is 36.2 Å². The third-order valence-electron chi connectivity index (χ3n) is 3.75. The zero-order chi connectivity index (χ0) is 13.4. The maximum atomic E-state index is 13.8. The first-order chi connectivity index (χ1) is 9.16. The van der Waals surface area contributed by atoms with Crippen molar-refractivity contribution in [1.29, 1.82) is 0 Å². The Morgan fingerprint density at radius 3 is 2.95 bits per heavy atom. The van der Waals surface area contributed by atoms with Crippen molar-refractivity contribution in [2.75, 3.05) is 0 Å². The van der Waals surface area contributed by atoms with Crippen LogP contribution in [-0.2, 0) is 6.42 Å². The molecule has 2 aromatic rings. The molecule has 4 heteroatoms. The van der Waals surface area contributed by atoms with E-state index in [2.05, 4.69) is 4.98 Å². The predicted molar refractivity (Wildman–Crippen MR) is 68.6 cm³/mol. The van der Waals surface area contributed by atoms with Crippen LogP contribution in [0.3, 0.4) is 0 Å². The summed E-state index contributed by atoms with van der Waals surface area (Å²) in [6, 6.07) is 6.74. The molecule has 1 aliphatic rings. The molecule has 0 saturated heterocycles. The Labute approximate surface area is 110 Å². The van der Waals surface area contributed by atoms with Gasteiger partial charge in [-0.05, 0) is 42.7 Å². The highest BCUT2D eigenvalue weighted by atomic mass is 19.1. The minimum Gasteiger partial charge on any atom is -0.323 e. The van der Waals surface area contributed by atoms with E-state index in [4.69, 9.17) is 5.73 Å². The van der Waals surface area contributed by atoms with E-state index in [9.17, 15) is 8.78 Å². The molecule has 0 fully saturated rings. The van der Waals surface area contributed by atoms with Crippen molar-refractivity contribution in [2.45, 2.75) is 24.8 Å². The van der Waals surface area contributed by atoms with Crippen LogP contribution < -0.4 is 5.73 Å². The highest BCUT2D eigenvalue weighted by Crippen LogP contribution is 2.39. The fraction of sp³-hybridized carbons (Fsp3) is 0.267. The minimum absolute atomic E-state index is 0.0486. The molecule has 0 spiro atoms. The topological polar surface area (TPSA) is 38.9 Å². The molecular formula is C15H14F2N2. The average molecular weight is 260 g/mol. The highest BCUT2D eigenvalue weighted by Gasteiger charge is 2.31. The Bertz CT molecular complexity index is 613. The summed E-state index contributed by atoms with van der Waals surface area (Å²) in [5.41, 5.74) is 8.43. The van der Waals surface area contributed by atoms with Gasteiger partial charge in [0.15, 0.2) is 0 Å². The monoisotopic (exact) mass is 260 g/mol. The van der Waals surface area contributed by atoms with Crippen molar-refractivity contribution in [3.05, 3.63) is 65.0 Å². The molecule has 19 heavy (non-hydrogen) atoms. The number of rotatable bonds is 2. The molecule has 0 amide bonds. The molecule has 1 aromatic heterocycles. The Morgan fingerprint density at radius 1 is 1.26 bits per heavy atom. The quantitative estimate of drug-likeness (QED) is 0.901. The second-order valence-corrected chi connectivity index (χ2v) is 4.88. The molecule has 0 saturated carbocycles. The fourth-order valence-electron chi connectivity index (χ4n) is 2.78. The van der Waals surface area contributed by atoms with Gasteiger partial charge >= 0.3 is 0 Å². The predicted octanol–water partition coefficient (Wildman–Crippen LogP) is 3.09. The molecule has 0 radical (unpaired) electrons. The van der Waals surface area contributed by atoms with Crippen molar-refractivity contribution in [3.63, 3.8) is 0 Å². The Morgan fingerprint density at radius 2 is 2.11 bits per heavy atom. The van der Waals surface area contributed by atoms with Crippen molar-refractivity contribution < 1.29 is 8.78 Å². The number of nitrogens with two attached hydrogens (primary N) is 1. The second-order valence-electron chi connectivity index (χ2n) is 4.88. The number of pyridine rings is 1. The van der Waals surface area contributed by atoms with E-state index >= 15 is 0 Å². The van der Waals surface area contributed by atoms with Crippen LogP contribution >= 0.6 is 0 Å². The average Bonchev–Trinajstić information content (AvgIpc) is 2.84. The van der Waals surface area contributed by atoms with Gasteiger partial charge in [-0.2, -0.15) is 0 Å². The number of fused-ring (bicyclic) bond motifs is 1. The van der Waals surface area contributed by atoms with Crippen molar-refractivity contribution >= 4 is 0 Å². The first-order valence-corrected chi connectivity index (χ1v) is 6.31. The van der Waals surface area contributed by atoms with E-state index in [1.54, 1.807) is 6.20 Å². The summed E-state index contributed by atoms with van der Waals surface area (Å²) in [5.74, 6) is -0.975. The van der Waals surface area contributed by atoms with Gasteiger partial charge in [0.25, 0.3) is 0 Å². The van der Waals surface area contributed by atoms with Crippen molar-refractivity contribution in [2.24, 2.45) is 5.73 Å². The van der Waals surface area contributed by atoms with E-state index < -0.39 is 17.7 Å². The lowest BCUT2D eigenvalue weighted by Gasteiger charge is -2.20. The van der Waals surface area contributed by atoms with Gasteiger partial charge in [0.2, 0.25) is 0 Å². The van der Waals surface area contributed by atoms with Gasteiger partial charge in [0.1, 0.15) is 11.6 Å². The van der Waals surface area contributed by atoms with Crippen LogP contribution in [0.25, 0.3) is 0 Å². The maximum absolute atomic E-state index is 13.8. The SMILES string of the molecule is NC(c1cc(F)ccc1F)C1CCc2cccnc21. The third-order valence-corrected chi connectivity index (χ3v) is 3.75. The molecule has 2 nitrogen and oxygen atoms in total.